The number of nitrogens with two attached hydrogens (primary N) is 1. The van der Waals surface area contributed by atoms with Gasteiger partial charge in [-0.3, -0.25) is 4.79 Å². The molecule has 132 valence electrons. The predicted octanol–water partition coefficient (Wildman–Crippen LogP) is 1.75. The second-order valence-corrected chi connectivity index (χ2v) is 7.08. The van der Waals surface area contributed by atoms with Crippen LogP contribution in [0.3, 0.4) is 0 Å². The van der Waals surface area contributed by atoms with E-state index in [0.29, 0.717) is 5.56 Å². The van der Waals surface area contributed by atoms with Crippen molar-refractivity contribution >= 4 is 27.6 Å². The minimum Gasteiger partial charge on any atom is -0.452 e. The van der Waals surface area contributed by atoms with Crippen LogP contribution >= 0.6 is 0 Å². The maximum atomic E-state index is 12.0. The van der Waals surface area contributed by atoms with Gasteiger partial charge in [-0.05, 0) is 43.7 Å². The highest BCUT2D eigenvalue weighted by Gasteiger charge is 2.14. The Morgan fingerprint density at radius 2 is 1.84 bits per heavy atom. The lowest BCUT2D eigenvalue weighted by molar-refractivity contribution is -0.119. The number of hydrogen-bond donors (Lipinski definition) is 2. The fourth-order valence-corrected chi connectivity index (χ4v) is 2.76. The first-order chi connectivity index (χ1) is 11.7. The molecule has 0 unspecified atom stereocenters. The highest BCUT2D eigenvalue weighted by molar-refractivity contribution is 7.89. The van der Waals surface area contributed by atoms with Crippen LogP contribution < -0.4 is 10.5 Å². The zero-order chi connectivity index (χ0) is 18.6. The van der Waals surface area contributed by atoms with Gasteiger partial charge in [0.2, 0.25) is 10.0 Å². The Hall–Kier alpha value is -2.71. The van der Waals surface area contributed by atoms with E-state index in [0.717, 1.165) is 11.1 Å². The molecule has 0 aliphatic rings. The molecule has 0 aliphatic carbocycles. The number of hydrogen-bond acceptors (Lipinski definition) is 5. The van der Waals surface area contributed by atoms with Crippen LogP contribution in [0.1, 0.15) is 21.5 Å². The van der Waals surface area contributed by atoms with Gasteiger partial charge in [0.05, 0.1) is 10.5 Å². The second-order valence-electron chi connectivity index (χ2n) is 5.52. The summed E-state index contributed by atoms with van der Waals surface area (Å²) in [6, 6.07) is 10.7. The summed E-state index contributed by atoms with van der Waals surface area (Å²) in [5.74, 6) is -1.20. The Morgan fingerprint density at radius 3 is 2.48 bits per heavy atom. The van der Waals surface area contributed by atoms with Crippen LogP contribution in [0, 0.1) is 13.8 Å². The average Bonchev–Trinajstić information content (AvgIpc) is 2.52. The number of primary sulfonamides is 1. The second kappa shape index (κ2) is 7.45. The van der Waals surface area contributed by atoms with Crippen molar-refractivity contribution < 1.29 is 22.7 Å². The van der Waals surface area contributed by atoms with Gasteiger partial charge in [0.1, 0.15) is 0 Å². The molecule has 0 atom stereocenters. The van der Waals surface area contributed by atoms with Crippen molar-refractivity contribution in [1.82, 2.24) is 0 Å². The van der Waals surface area contributed by atoms with E-state index in [-0.39, 0.29) is 10.6 Å². The molecule has 25 heavy (non-hydrogen) atoms. The van der Waals surface area contributed by atoms with E-state index in [9.17, 15) is 18.0 Å². The molecule has 0 saturated heterocycles. The summed E-state index contributed by atoms with van der Waals surface area (Å²) < 4.78 is 27.6. The normalized spacial score (nSPS) is 11.0. The molecule has 0 bridgehead atoms. The summed E-state index contributed by atoms with van der Waals surface area (Å²) in [6.45, 7) is 3.19. The number of aryl methyl sites for hydroxylation is 2. The molecule has 8 heteroatoms. The smallest absolute Gasteiger partial charge is 0.338 e. The van der Waals surface area contributed by atoms with E-state index in [4.69, 9.17) is 9.88 Å². The zero-order valence-electron chi connectivity index (χ0n) is 13.8. The van der Waals surface area contributed by atoms with E-state index in [1.54, 1.807) is 19.1 Å². The minimum atomic E-state index is -3.87. The van der Waals surface area contributed by atoms with Crippen molar-refractivity contribution in [2.45, 2.75) is 18.7 Å². The fourth-order valence-electron chi connectivity index (χ4n) is 2.20. The van der Waals surface area contributed by atoms with Gasteiger partial charge in [-0.15, -0.1) is 0 Å². The van der Waals surface area contributed by atoms with E-state index in [1.165, 1.54) is 24.3 Å². The van der Waals surface area contributed by atoms with E-state index >= 15 is 0 Å². The quantitative estimate of drug-likeness (QED) is 0.786. The third kappa shape index (κ3) is 5.13. The number of amides is 1. The van der Waals surface area contributed by atoms with Crippen LogP contribution in [0.4, 0.5) is 5.69 Å². The predicted molar refractivity (Wildman–Crippen MR) is 92.6 cm³/mol. The Kier molecular flexibility index (Phi) is 5.55. The minimum absolute atomic E-state index is 0.127. The molecule has 2 rings (SSSR count). The average molecular weight is 362 g/mol. The lowest BCUT2D eigenvalue weighted by Gasteiger charge is -2.09. The summed E-state index contributed by atoms with van der Waals surface area (Å²) in [7, 11) is -3.87. The van der Waals surface area contributed by atoms with Gasteiger partial charge in [-0.2, -0.15) is 0 Å². The lowest BCUT2D eigenvalue weighted by atomic mass is 10.1. The van der Waals surface area contributed by atoms with Crippen molar-refractivity contribution in [2.75, 3.05) is 11.9 Å². The summed E-state index contributed by atoms with van der Waals surface area (Å²) in [4.78, 5) is 23.8. The highest BCUT2D eigenvalue weighted by atomic mass is 32.2. The Morgan fingerprint density at radius 1 is 1.12 bits per heavy atom. The first-order valence-corrected chi connectivity index (χ1v) is 8.88. The van der Waals surface area contributed by atoms with Gasteiger partial charge >= 0.3 is 5.97 Å². The molecule has 3 N–H and O–H groups in total. The SMILES string of the molecule is Cc1ccc(C(=O)OCC(=O)Nc2cccc(S(N)(=O)=O)c2)c(C)c1. The van der Waals surface area contributed by atoms with Crippen LogP contribution in [-0.4, -0.2) is 26.9 Å². The van der Waals surface area contributed by atoms with Crippen molar-refractivity contribution in [2.24, 2.45) is 5.14 Å². The molecule has 0 fully saturated rings. The standard InChI is InChI=1S/C17H18N2O5S/c1-11-6-7-15(12(2)8-11)17(21)24-10-16(20)19-13-4-3-5-14(9-13)25(18,22)23/h3-9H,10H2,1-2H3,(H,19,20)(H2,18,22,23). The number of carbonyl (C=O) groups is 2. The molecular weight excluding hydrogens is 344 g/mol. The fraction of sp³-hybridized carbons (Fsp3) is 0.176. The van der Waals surface area contributed by atoms with Crippen LogP contribution in [-0.2, 0) is 19.6 Å². The van der Waals surface area contributed by atoms with Gasteiger partial charge in [0.25, 0.3) is 5.91 Å². The third-order valence-corrected chi connectivity index (χ3v) is 4.29. The third-order valence-electron chi connectivity index (χ3n) is 3.38. The van der Waals surface area contributed by atoms with E-state index < -0.39 is 28.5 Å². The van der Waals surface area contributed by atoms with Gasteiger partial charge in [0, 0.05) is 5.69 Å². The summed E-state index contributed by atoms with van der Waals surface area (Å²) in [5.41, 5.74) is 2.39. The Bertz CT molecular complexity index is 922. The van der Waals surface area contributed by atoms with Crippen LogP contribution in [0.25, 0.3) is 0 Å². The molecule has 0 aromatic heterocycles. The maximum absolute atomic E-state index is 12.0. The molecule has 0 heterocycles. The molecule has 1 amide bonds. The van der Waals surface area contributed by atoms with Gasteiger partial charge in [-0.25, -0.2) is 18.4 Å². The van der Waals surface area contributed by atoms with Gasteiger partial charge in [0.15, 0.2) is 6.61 Å². The first-order valence-electron chi connectivity index (χ1n) is 7.34. The summed E-state index contributed by atoms with van der Waals surface area (Å²) in [6.07, 6.45) is 0. The number of anilines is 1. The number of sulfonamides is 1. The number of ether oxygens (including phenoxy) is 1. The van der Waals surface area contributed by atoms with Crippen LogP contribution in [0.2, 0.25) is 0 Å². The summed E-state index contributed by atoms with van der Waals surface area (Å²) >= 11 is 0. The maximum Gasteiger partial charge on any atom is 0.338 e. The topological polar surface area (TPSA) is 116 Å². The van der Waals surface area contributed by atoms with Crippen LogP contribution in [0.15, 0.2) is 47.4 Å². The number of carbonyl (C=O) groups excluding carboxylic acids is 2. The van der Waals surface area contributed by atoms with Crippen molar-refractivity contribution in [3.05, 3.63) is 59.2 Å². The number of esters is 1. The Labute approximate surface area is 145 Å². The van der Waals surface area contributed by atoms with E-state index in [2.05, 4.69) is 5.32 Å². The zero-order valence-corrected chi connectivity index (χ0v) is 14.6. The first kappa shape index (κ1) is 18.6. The molecule has 0 aliphatic heterocycles. The van der Waals surface area contributed by atoms with Crippen molar-refractivity contribution in [3.8, 4) is 0 Å². The van der Waals surface area contributed by atoms with Crippen molar-refractivity contribution in [3.63, 3.8) is 0 Å². The molecule has 7 nitrogen and oxygen atoms in total. The molecule has 0 radical (unpaired) electrons. The molecule has 2 aromatic carbocycles. The van der Waals surface area contributed by atoms with Gasteiger partial charge < -0.3 is 10.1 Å². The largest absolute Gasteiger partial charge is 0.452 e. The molecule has 0 spiro atoms. The monoisotopic (exact) mass is 362 g/mol. The van der Waals surface area contributed by atoms with E-state index in [1.807, 2.05) is 13.0 Å². The molecule has 2 aromatic rings. The lowest BCUT2D eigenvalue weighted by Crippen LogP contribution is -2.21. The van der Waals surface area contributed by atoms with Crippen molar-refractivity contribution in [1.29, 1.82) is 0 Å². The van der Waals surface area contributed by atoms with Gasteiger partial charge in [-0.1, -0.05) is 23.8 Å². The van der Waals surface area contributed by atoms with Crippen LogP contribution in [0.5, 0.6) is 0 Å². The number of rotatable bonds is 5. The number of benzene rings is 2. The summed E-state index contributed by atoms with van der Waals surface area (Å²) in [5, 5.41) is 7.48. The molecular formula is C17H18N2O5S. The highest BCUT2D eigenvalue weighted by Crippen LogP contribution is 2.14. The number of nitrogens with one attached hydrogen (secondary N) is 1. The molecule has 0 saturated carbocycles. The Balaban J connectivity index is 1.98.